The van der Waals surface area contributed by atoms with E-state index in [1.165, 1.54) is 11.1 Å². The molecule has 12 rings (SSSR count). The Morgan fingerprint density at radius 2 is 0.746 bits per heavy atom. The number of hydrogen-bond acceptors (Lipinski definition) is 4. The van der Waals surface area contributed by atoms with Crippen LogP contribution >= 0.6 is 0 Å². The first-order chi connectivity index (χ1) is 29.1. The first-order valence-electron chi connectivity index (χ1n) is 19.9. The van der Waals surface area contributed by atoms with Crippen molar-refractivity contribution in [3.63, 3.8) is 0 Å². The molecule has 0 N–H and O–H groups in total. The van der Waals surface area contributed by atoms with E-state index in [2.05, 4.69) is 147 Å². The molecule has 0 atom stereocenters. The molecule has 0 aliphatic carbocycles. The number of benzene rings is 8. The summed E-state index contributed by atoms with van der Waals surface area (Å²) in [5.41, 5.74) is 15.4. The molecule has 0 bridgehead atoms. The molecule has 0 aliphatic heterocycles. The van der Waals surface area contributed by atoms with Gasteiger partial charge in [0.25, 0.3) is 0 Å². The van der Waals surface area contributed by atoms with E-state index in [1.807, 2.05) is 42.5 Å². The Morgan fingerprint density at radius 1 is 0.373 bits per heavy atom. The van der Waals surface area contributed by atoms with Crippen molar-refractivity contribution in [1.29, 1.82) is 0 Å². The van der Waals surface area contributed by atoms with Crippen LogP contribution in [-0.4, -0.2) is 0 Å². The predicted molar refractivity (Wildman–Crippen MR) is 245 cm³/mol. The fourth-order valence-corrected chi connectivity index (χ4v) is 8.92. The predicted octanol–water partition coefficient (Wildman–Crippen LogP) is 16.3. The summed E-state index contributed by atoms with van der Waals surface area (Å²) in [5, 5.41) is 8.45. The van der Waals surface area contributed by atoms with Gasteiger partial charge in [0.1, 0.15) is 44.7 Å². The van der Waals surface area contributed by atoms with Crippen molar-refractivity contribution in [2.24, 2.45) is 0 Å². The van der Waals surface area contributed by atoms with Crippen LogP contribution < -0.4 is 0 Å². The lowest BCUT2D eigenvalue weighted by Gasteiger charge is -2.05. The minimum atomic E-state index is 0.826. The average Bonchev–Trinajstić information content (AvgIpc) is 4.05. The molecule has 0 unspecified atom stereocenters. The van der Waals surface area contributed by atoms with Gasteiger partial charge in [0.2, 0.25) is 0 Å². The highest BCUT2D eigenvalue weighted by Crippen LogP contribution is 2.44. The number of rotatable bonds is 6. The second-order valence-corrected chi connectivity index (χ2v) is 15.2. The van der Waals surface area contributed by atoms with E-state index in [1.54, 1.807) is 0 Å². The van der Waals surface area contributed by atoms with Crippen LogP contribution in [0.5, 0.6) is 0 Å². The lowest BCUT2D eigenvalue weighted by Crippen LogP contribution is -1.83. The van der Waals surface area contributed by atoms with Crippen molar-refractivity contribution in [3.05, 3.63) is 194 Å². The van der Waals surface area contributed by atoms with Gasteiger partial charge in [-0.15, -0.1) is 0 Å². The van der Waals surface area contributed by atoms with Crippen molar-refractivity contribution < 1.29 is 17.7 Å². The maximum absolute atomic E-state index is 6.44. The van der Waals surface area contributed by atoms with E-state index < -0.39 is 0 Å². The van der Waals surface area contributed by atoms with Gasteiger partial charge in [-0.2, -0.15) is 0 Å². The van der Waals surface area contributed by atoms with Crippen LogP contribution in [0.15, 0.2) is 200 Å². The zero-order chi connectivity index (χ0) is 39.2. The number of allylic oxidation sites excluding steroid dienone is 5. The van der Waals surface area contributed by atoms with E-state index in [4.69, 9.17) is 17.7 Å². The first kappa shape index (κ1) is 33.3. The number of furan rings is 4. The maximum Gasteiger partial charge on any atom is 0.136 e. The largest absolute Gasteiger partial charge is 0.456 e. The Bertz CT molecular complexity index is 3730. The molecule has 0 saturated carbocycles. The van der Waals surface area contributed by atoms with Gasteiger partial charge in [-0.1, -0.05) is 110 Å². The monoisotopic (exact) mass is 758 g/mol. The van der Waals surface area contributed by atoms with E-state index in [9.17, 15) is 0 Å². The second kappa shape index (κ2) is 12.9. The molecule has 0 fully saturated rings. The lowest BCUT2D eigenvalue weighted by atomic mass is 9.97. The third-order valence-electron chi connectivity index (χ3n) is 11.8. The van der Waals surface area contributed by atoms with Gasteiger partial charge >= 0.3 is 0 Å². The Balaban J connectivity index is 0.925. The Morgan fingerprint density at radius 3 is 1.19 bits per heavy atom. The quantitative estimate of drug-likeness (QED) is 0.158. The third kappa shape index (κ3) is 5.23. The average molecular weight is 759 g/mol. The lowest BCUT2D eigenvalue weighted by molar-refractivity contribution is 0.663. The SMILES string of the molecule is C=C(/C=C\C(=C/C)c1ccc2oc3ccc4oc5ccc(-c6ccccc6)cc5c4c3c2c1)c1ccc2oc3ccc4oc5ccc(-c6ccccc6)cc5c4c3c2c1. The number of hydrogen-bond donors (Lipinski definition) is 0. The van der Waals surface area contributed by atoms with Gasteiger partial charge in [-0.25, -0.2) is 0 Å². The van der Waals surface area contributed by atoms with Crippen LogP contribution in [-0.2, 0) is 0 Å². The molecule has 8 aromatic carbocycles. The van der Waals surface area contributed by atoms with Gasteiger partial charge in [-0.3, -0.25) is 0 Å². The third-order valence-corrected chi connectivity index (χ3v) is 11.8. The van der Waals surface area contributed by atoms with Crippen molar-refractivity contribution in [2.75, 3.05) is 0 Å². The Hall–Kier alpha value is -7.82. The van der Waals surface area contributed by atoms with E-state index in [0.29, 0.717) is 0 Å². The highest BCUT2D eigenvalue weighted by molar-refractivity contribution is 6.27. The molecule has 0 amide bonds. The standard InChI is InChI=1S/C55H34O4/c1-3-33(37-17-21-45-41(29-37)53-49(57-45)26-27-51-55(53)43-31-39(19-23-47(43)59-51)35-12-8-5-9-13-35)15-14-32(2)36-16-20-44-40(28-36)52-48(56-44)24-25-50-54(52)42-30-38(18-22-46(42)58-50)34-10-6-4-7-11-34/h3-31H,2H2,1H3/b15-14-,33-3+. The van der Waals surface area contributed by atoms with Gasteiger partial charge in [-0.05, 0) is 124 Å². The van der Waals surface area contributed by atoms with E-state index in [-0.39, 0.29) is 0 Å². The normalized spacial score (nSPS) is 12.6. The fourth-order valence-electron chi connectivity index (χ4n) is 8.92. The van der Waals surface area contributed by atoms with Gasteiger partial charge < -0.3 is 17.7 Å². The molecule has 4 nitrogen and oxygen atoms in total. The molecule has 0 saturated heterocycles. The molecule has 0 radical (unpaired) electrons. The number of fused-ring (bicyclic) bond motifs is 14. The van der Waals surface area contributed by atoms with Crippen LogP contribution in [0.3, 0.4) is 0 Å². The molecule has 278 valence electrons. The molecule has 12 aromatic rings. The zero-order valence-electron chi connectivity index (χ0n) is 32.1. The molecular formula is C55H34O4. The Labute approximate surface area is 338 Å². The first-order valence-corrected chi connectivity index (χ1v) is 19.9. The summed E-state index contributed by atoms with van der Waals surface area (Å²) in [7, 11) is 0. The van der Waals surface area contributed by atoms with Crippen molar-refractivity contribution in [2.45, 2.75) is 6.92 Å². The molecule has 0 aliphatic rings. The second-order valence-electron chi connectivity index (χ2n) is 15.2. The smallest absolute Gasteiger partial charge is 0.136 e. The van der Waals surface area contributed by atoms with Gasteiger partial charge in [0.15, 0.2) is 0 Å². The summed E-state index contributed by atoms with van der Waals surface area (Å²) in [4.78, 5) is 0. The molecule has 59 heavy (non-hydrogen) atoms. The zero-order valence-corrected chi connectivity index (χ0v) is 32.1. The van der Waals surface area contributed by atoms with Crippen LogP contribution in [0, 0.1) is 0 Å². The van der Waals surface area contributed by atoms with Gasteiger partial charge in [0, 0.05) is 43.1 Å². The highest BCUT2D eigenvalue weighted by Gasteiger charge is 2.19. The summed E-state index contributed by atoms with van der Waals surface area (Å²) in [6.07, 6.45) is 6.38. The Kier molecular flexibility index (Phi) is 7.26. The maximum atomic E-state index is 6.44. The molecule has 0 spiro atoms. The van der Waals surface area contributed by atoms with Crippen molar-refractivity contribution >= 4 is 98.9 Å². The van der Waals surface area contributed by atoms with Crippen LogP contribution in [0.1, 0.15) is 18.1 Å². The summed E-state index contributed by atoms with van der Waals surface area (Å²) >= 11 is 0. The fraction of sp³-hybridized carbons (Fsp3) is 0.0182. The summed E-state index contributed by atoms with van der Waals surface area (Å²) in [5.74, 6) is 0. The van der Waals surface area contributed by atoms with Crippen LogP contribution in [0.25, 0.3) is 121 Å². The highest BCUT2D eigenvalue weighted by atomic mass is 16.3. The van der Waals surface area contributed by atoms with E-state index >= 15 is 0 Å². The molecule has 4 heteroatoms. The summed E-state index contributed by atoms with van der Waals surface area (Å²) in [6, 6.07) is 54.5. The minimum Gasteiger partial charge on any atom is -0.456 e. The van der Waals surface area contributed by atoms with Crippen LogP contribution in [0.2, 0.25) is 0 Å². The summed E-state index contributed by atoms with van der Waals surface area (Å²) in [6.45, 7) is 6.59. The van der Waals surface area contributed by atoms with Crippen molar-refractivity contribution in [1.82, 2.24) is 0 Å². The molecule has 4 aromatic heterocycles. The summed E-state index contributed by atoms with van der Waals surface area (Å²) < 4.78 is 25.6. The topological polar surface area (TPSA) is 52.6 Å². The van der Waals surface area contributed by atoms with Gasteiger partial charge in [0.05, 0.1) is 0 Å². The molecule has 4 heterocycles. The van der Waals surface area contributed by atoms with Crippen molar-refractivity contribution in [3.8, 4) is 22.3 Å². The minimum absolute atomic E-state index is 0.826. The van der Waals surface area contributed by atoms with E-state index in [0.717, 1.165) is 121 Å². The van der Waals surface area contributed by atoms with Crippen LogP contribution in [0.4, 0.5) is 0 Å². The molecular weight excluding hydrogens is 725 g/mol.